The van der Waals surface area contributed by atoms with Crippen LogP contribution in [0.3, 0.4) is 0 Å². The number of methoxy groups -OCH3 is 1. The third-order valence-electron chi connectivity index (χ3n) is 3.81. The van der Waals surface area contributed by atoms with Crippen molar-refractivity contribution in [3.63, 3.8) is 0 Å². The lowest BCUT2D eigenvalue weighted by molar-refractivity contribution is -0.0106. The van der Waals surface area contributed by atoms with Crippen LogP contribution in [0.2, 0.25) is 0 Å². The molecule has 2 heterocycles. The first-order valence-corrected chi connectivity index (χ1v) is 6.29. The van der Waals surface area contributed by atoms with Gasteiger partial charge >= 0.3 is 0 Å². The Hall–Kier alpha value is -0.980. The summed E-state index contributed by atoms with van der Waals surface area (Å²) in [7, 11) is 3.57. The van der Waals surface area contributed by atoms with E-state index in [1.165, 1.54) is 0 Å². The van der Waals surface area contributed by atoms with Crippen LogP contribution in [-0.4, -0.2) is 43.6 Å². The van der Waals surface area contributed by atoms with Gasteiger partial charge in [-0.3, -0.25) is 0 Å². The van der Waals surface area contributed by atoms with Gasteiger partial charge in [-0.2, -0.15) is 4.98 Å². The fraction of sp³-hybridized carbons (Fsp3) is 0.833. The van der Waals surface area contributed by atoms with Crippen LogP contribution in [0.5, 0.6) is 0 Å². The van der Waals surface area contributed by atoms with Gasteiger partial charge in [0.2, 0.25) is 11.7 Å². The Morgan fingerprint density at radius 3 is 2.89 bits per heavy atom. The Balaban J connectivity index is 2.20. The number of aromatic nitrogens is 2. The number of likely N-dealkylation sites (N-methyl/N-ethyl adjacent to an activating group) is 1. The largest absolute Gasteiger partial charge is 0.379 e. The second kappa shape index (κ2) is 5.34. The summed E-state index contributed by atoms with van der Waals surface area (Å²) >= 11 is 0. The molecule has 1 aromatic heterocycles. The predicted octanol–water partition coefficient (Wildman–Crippen LogP) is 1.04. The summed E-state index contributed by atoms with van der Waals surface area (Å²) in [6, 6.07) is 0.230. The zero-order valence-electron chi connectivity index (χ0n) is 11.4. The van der Waals surface area contributed by atoms with Crippen LogP contribution in [0.1, 0.15) is 37.9 Å². The molecule has 0 spiro atoms. The van der Waals surface area contributed by atoms with E-state index in [2.05, 4.69) is 15.5 Å². The highest BCUT2D eigenvalue weighted by Gasteiger charge is 2.36. The van der Waals surface area contributed by atoms with Crippen LogP contribution < -0.4 is 5.32 Å². The molecular formula is C12H21N3O3. The minimum atomic E-state index is -0.490. The van der Waals surface area contributed by atoms with Gasteiger partial charge in [-0.1, -0.05) is 12.1 Å². The minimum absolute atomic E-state index is 0.120. The highest BCUT2D eigenvalue weighted by atomic mass is 16.5. The molecule has 0 aliphatic carbocycles. The fourth-order valence-electron chi connectivity index (χ4n) is 2.08. The van der Waals surface area contributed by atoms with E-state index in [-0.39, 0.29) is 12.0 Å². The first-order chi connectivity index (χ1) is 8.64. The Bertz CT molecular complexity index is 390. The summed E-state index contributed by atoms with van der Waals surface area (Å²) in [4.78, 5) is 4.48. The SMILES string of the molecule is CCC(C)(OC)c1noc(C2COCC2NC)n1. The normalized spacial score (nSPS) is 27.3. The Morgan fingerprint density at radius 2 is 2.28 bits per heavy atom. The minimum Gasteiger partial charge on any atom is -0.379 e. The molecule has 6 nitrogen and oxygen atoms in total. The standard InChI is InChI=1S/C12H21N3O3/c1-5-12(2,16-4)11-14-10(18-15-11)8-6-17-7-9(8)13-3/h8-9,13H,5-7H2,1-4H3. The van der Waals surface area contributed by atoms with Crippen molar-refractivity contribution in [2.45, 2.75) is 37.8 Å². The van der Waals surface area contributed by atoms with Crippen LogP contribution in [0, 0.1) is 0 Å². The lowest BCUT2D eigenvalue weighted by Crippen LogP contribution is -2.31. The summed E-state index contributed by atoms with van der Waals surface area (Å²) in [5.41, 5.74) is -0.490. The van der Waals surface area contributed by atoms with Gasteiger partial charge in [0, 0.05) is 13.2 Å². The van der Waals surface area contributed by atoms with Gasteiger partial charge in [0.05, 0.1) is 19.1 Å². The highest BCUT2D eigenvalue weighted by molar-refractivity contribution is 5.06. The molecule has 0 radical (unpaired) electrons. The molecule has 1 aliphatic heterocycles. The number of hydrogen-bond donors (Lipinski definition) is 1. The average molecular weight is 255 g/mol. The third-order valence-corrected chi connectivity index (χ3v) is 3.81. The molecule has 1 aliphatic rings. The quantitative estimate of drug-likeness (QED) is 0.848. The van der Waals surface area contributed by atoms with Gasteiger partial charge in [-0.05, 0) is 20.4 Å². The molecule has 0 bridgehead atoms. The molecule has 0 amide bonds. The predicted molar refractivity (Wildman–Crippen MR) is 65.4 cm³/mol. The van der Waals surface area contributed by atoms with Crippen molar-refractivity contribution < 1.29 is 14.0 Å². The smallest absolute Gasteiger partial charge is 0.233 e. The van der Waals surface area contributed by atoms with Crippen LogP contribution in [0.25, 0.3) is 0 Å². The van der Waals surface area contributed by atoms with Crippen molar-refractivity contribution in [3.05, 3.63) is 11.7 Å². The summed E-state index contributed by atoms with van der Waals surface area (Å²) in [5, 5.41) is 7.25. The van der Waals surface area contributed by atoms with E-state index in [0.717, 1.165) is 6.42 Å². The van der Waals surface area contributed by atoms with Crippen molar-refractivity contribution in [3.8, 4) is 0 Å². The van der Waals surface area contributed by atoms with E-state index in [1.54, 1.807) is 7.11 Å². The molecule has 1 fully saturated rings. The van der Waals surface area contributed by atoms with Crippen LogP contribution in [-0.2, 0) is 15.1 Å². The summed E-state index contributed by atoms with van der Waals surface area (Å²) in [6.07, 6.45) is 0.791. The Labute approximate surface area is 107 Å². The van der Waals surface area contributed by atoms with Crippen molar-refractivity contribution in [1.82, 2.24) is 15.5 Å². The monoisotopic (exact) mass is 255 g/mol. The molecule has 2 rings (SSSR count). The molecule has 0 saturated carbocycles. The van der Waals surface area contributed by atoms with E-state index < -0.39 is 5.60 Å². The molecule has 1 saturated heterocycles. The maximum Gasteiger partial charge on any atom is 0.233 e. The molecule has 18 heavy (non-hydrogen) atoms. The van der Waals surface area contributed by atoms with Crippen molar-refractivity contribution in [2.24, 2.45) is 0 Å². The van der Waals surface area contributed by atoms with Gasteiger partial charge in [0.1, 0.15) is 5.60 Å². The van der Waals surface area contributed by atoms with E-state index in [0.29, 0.717) is 24.9 Å². The first kappa shape index (κ1) is 13.5. The van der Waals surface area contributed by atoms with Crippen molar-refractivity contribution >= 4 is 0 Å². The zero-order valence-corrected chi connectivity index (χ0v) is 11.4. The molecule has 3 atom stereocenters. The maximum atomic E-state index is 5.47. The number of hydrogen-bond acceptors (Lipinski definition) is 6. The number of ether oxygens (including phenoxy) is 2. The summed E-state index contributed by atoms with van der Waals surface area (Å²) < 4.78 is 16.3. The Morgan fingerprint density at radius 1 is 1.50 bits per heavy atom. The topological polar surface area (TPSA) is 69.4 Å². The molecule has 1 N–H and O–H groups in total. The van der Waals surface area contributed by atoms with Gasteiger partial charge in [0.15, 0.2) is 0 Å². The van der Waals surface area contributed by atoms with Gasteiger partial charge < -0.3 is 19.3 Å². The van der Waals surface area contributed by atoms with E-state index in [4.69, 9.17) is 14.0 Å². The molecular weight excluding hydrogens is 234 g/mol. The second-order valence-corrected chi connectivity index (χ2v) is 4.78. The van der Waals surface area contributed by atoms with Crippen molar-refractivity contribution in [2.75, 3.05) is 27.4 Å². The van der Waals surface area contributed by atoms with Gasteiger partial charge in [0.25, 0.3) is 0 Å². The van der Waals surface area contributed by atoms with Gasteiger partial charge in [-0.25, -0.2) is 0 Å². The molecule has 6 heteroatoms. The average Bonchev–Trinajstić information content (AvgIpc) is 3.05. The third kappa shape index (κ3) is 2.28. The van der Waals surface area contributed by atoms with E-state index in [1.807, 2.05) is 20.9 Å². The zero-order chi connectivity index (χ0) is 13.2. The first-order valence-electron chi connectivity index (χ1n) is 6.29. The Kier molecular flexibility index (Phi) is 3.99. The number of nitrogens with one attached hydrogen (secondary N) is 1. The summed E-state index contributed by atoms with van der Waals surface area (Å²) in [6.45, 7) is 5.29. The van der Waals surface area contributed by atoms with Crippen LogP contribution >= 0.6 is 0 Å². The van der Waals surface area contributed by atoms with Gasteiger partial charge in [-0.15, -0.1) is 0 Å². The number of rotatable bonds is 5. The molecule has 3 unspecified atom stereocenters. The molecule has 1 aromatic rings. The van der Waals surface area contributed by atoms with Crippen LogP contribution in [0.4, 0.5) is 0 Å². The lowest BCUT2D eigenvalue weighted by atomic mass is 10.0. The maximum absolute atomic E-state index is 5.47. The van der Waals surface area contributed by atoms with E-state index >= 15 is 0 Å². The fourth-order valence-corrected chi connectivity index (χ4v) is 2.08. The second-order valence-electron chi connectivity index (χ2n) is 4.78. The number of nitrogens with zero attached hydrogens (tertiary/aromatic N) is 2. The van der Waals surface area contributed by atoms with Crippen LogP contribution in [0.15, 0.2) is 4.52 Å². The van der Waals surface area contributed by atoms with E-state index in [9.17, 15) is 0 Å². The molecule has 0 aromatic carbocycles. The summed E-state index contributed by atoms with van der Waals surface area (Å²) in [5.74, 6) is 1.34. The lowest BCUT2D eigenvalue weighted by Gasteiger charge is -2.21. The molecule has 102 valence electrons. The van der Waals surface area contributed by atoms with Crippen molar-refractivity contribution in [1.29, 1.82) is 0 Å². The highest BCUT2D eigenvalue weighted by Crippen LogP contribution is 2.29.